The number of fused-ring (bicyclic) bond motifs is 1. The predicted octanol–water partition coefficient (Wildman–Crippen LogP) is 6.38. The molecule has 0 spiro atoms. The van der Waals surface area contributed by atoms with Gasteiger partial charge in [-0.3, -0.25) is 4.79 Å². The largest absolute Gasteiger partial charge is 0.465 e. The Labute approximate surface area is 183 Å². The van der Waals surface area contributed by atoms with Crippen LogP contribution in [0.3, 0.4) is 0 Å². The fourth-order valence-corrected chi connectivity index (χ4v) is 6.11. The highest BCUT2D eigenvalue weighted by Crippen LogP contribution is 2.59. The Balaban J connectivity index is 1.67. The van der Waals surface area contributed by atoms with Gasteiger partial charge >= 0.3 is 5.97 Å². The molecule has 0 aromatic heterocycles. The first-order valence-electron chi connectivity index (χ1n) is 11.9. The number of carbonyl (C=O) groups is 1. The first-order chi connectivity index (χ1) is 14.0. The molecule has 0 amide bonds. The van der Waals surface area contributed by atoms with Crippen LogP contribution in [0, 0.1) is 28.6 Å². The van der Waals surface area contributed by atoms with E-state index in [0.29, 0.717) is 29.8 Å². The SMILES string of the molecule is C=C1CC/C(=C/C=C2\CCCC3(C)C2CCC3C(C)COC(=O)C(C)(C)C)CC1O. The van der Waals surface area contributed by atoms with Crippen molar-refractivity contribution < 1.29 is 14.6 Å². The molecule has 0 radical (unpaired) electrons. The molecule has 1 N–H and O–H groups in total. The Hall–Kier alpha value is -1.35. The van der Waals surface area contributed by atoms with Gasteiger partial charge in [-0.2, -0.15) is 0 Å². The number of rotatable bonds is 4. The van der Waals surface area contributed by atoms with Crippen molar-refractivity contribution in [3.63, 3.8) is 0 Å². The van der Waals surface area contributed by atoms with Crippen molar-refractivity contribution >= 4 is 5.97 Å². The van der Waals surface area contributed by atoms with Crippen molar-refractivity contribution in [2.24, 2.45) is 28.6 Å². The first-order valence-corrected chi connectivity index (χ1v) is 11.9. The molecule has 3 nitrogen and oxygen atoms in total. The van der Waals surface area contributed by atoms with Crippen LogP contribution in [0.15, 0.2) is 35.5 Å². The number of carbonyl (C=O) groups excluding carboxylic acids is 1. The standard InChI is InChI=1S/C27H42O3/c1-18-9-10-20(16-24(18)28)11-12-21-8-7-15-27(6)22(13-14-23(21)27)19(2)17-30-25(29)26(3,4)5/h11-12,19,22-24,28H,1,7-10,13-17H2,2-6H3/b20-11-,21-12+. The van der Waals surface area contributed by atoms with Gasteiger partial charge in [0.25, 0.3) is 0 Å². The van der Waals surface area contributed by atoms with Gasteiger partial charge in [0.15, 0.2) is 0 Å². The lowest BCUT2D eigenvalue weighted by atomic mass is 9.61. The van der Waals surface area contributed by atoms with Gasteiger partial charge in [-0.15, -0.1) is 0 Å². The smallest absolute Gasteiger partial charge is 0.311 e. The second kappa shape index (κ2) is 9.02. The molecular formula is C27H42O3. The molecular weight excluding hydrogens is 372 g/mol. The van der Waals surface area contributed by atoms with E-state index in [9.17, 15) is 9.90 Å². The van der Waals surface area contributed by atoms with Crippen LogP contribution >= 0.6 is 0 Å². The van der Waals surface area contributed by atoms with E-state index >= 15 is 0 Å². The lowest BCUT2D eigenvalue weighted by Gasteiger charge is -2.44. The highest BCUT2D eigenvalue weighted by molar-refractivity contribution is 5.75. The molecule has 168 valence electrons. The fourth-order valence-electron chi connectivity index (χ4n) is 6.11. The summed E-state index contributed by atoms with van der Waals surface area (Å²) in [6.45, 7) is 15.0. The number of ether oxygens (including phenoxy) is 1. The maximum atomic E-state index is 12.2. The Morgan fingerprint density at radius 2 is 2.00 bits per heavy atom. The van der Waals surface area contributed by atoms with Gasteiger partial charge < -0.3 is 9.84 Å². The number of aliphatic hydroxyl groups excluding tert-OH is 1. The Kier molecular flexibility index (Phi) is 7.01. The van der Waals surface area contributed by atoms with E-state index in [0.717, 1.165) is 24.8 Å². The van der Waals surface area contributed by atoms with E-state index in [-0.39, 0.29) is 12.1 Å². The van der Waals surface area contributed by atoms with E-state index in [4.69, 9.17) is 4.74 Å². The van der Waals surface area contributed by atoms with Crippen LogP contribution in [0.4, 0.5) is 0 Å². The average Bonchev–Trinajstić information content (AvgIpc) is 3.03. The fraction of sp³-hybridized carbons (Fsp3) is 0.741. The van der Waals surface area contributed by atoms with Crippen molar-refractivity contribution in [3.05, 3.63) is 35.5 Å². The van der Waals surface area contributed by atoms with Crippen LogP contribution in [-0.4, -0.2) is 23.8 Å². The van der Waals surface area contributed by atoms with Crippen molar-refractivity contribution in [1.29, 1.82) is 0 Å². The maximum Gasteiger partial charge on any atom is 0.311 e. The molecule has 0 aromatic carbocycles. The van der Waals surface area contributed by atoms with Crippen LogP contribution in [0.5, 0.6) is 0 Å². The van der Waals surface area contributed by atoms with E-state index in [1.165, 1.54) is 37.7 Å². The molecule has 0 aromatic rings. The molecule has 0 bridgehead atoms. The number of allylic oxidation sites excluding steroid dienone is 3. The molecule has 3 rings (SSSR count). The minimum Gasteiger partial charge on any atom is -0.465 e. The lowest BCUT2D eigenvalue weighted by molar-refractivity contribution is -0.155. The molecule has 3 aliphatic rings. The van der Waals surface area contributed by atoms with Crippen LogP contribution in [-0.2, 0) is 9.53 Å². The second-order valence-electron chi connectivity index (χ2n) is 11.4. The van der Waals surface area contributed by atoms with E-state index in [2.05, 4.69) is 32.6 Å². The van der Waals surface area contributed by atoms with Crippen LogP contribution in [0.25, 0.3) is 0 Å². The number of hydrogen-bond acceptors (Lipinski definition) is 3. The summed E-state index contributed by atoms with van der Waals surface area (Å²) >= 11 is 0. The average molecular weight is 415 g/mol. The number of aliphatic hydroxyl groups is 1. The zero-order valence-corrected chi connectivity index (χ0v) is 19.8. The molecule has 0 saturated heterocycles. The topological polar surface area (TPSA) is 46.5 Å². The van der Waals surface area contributed by atoms with Gasteiger partial charge in [-0.1, -0.05) is 43.7 Å². The van der Waals surface area contributed by atoms with Crippen molar-refractivity contribution in [2.75, 3.05) is 6.61 Å². The number of esters is 1. The monoisotopic (exact) mass is 414 g/mol. The molecule has 3 heteroatoms. The molecule has 3 fully saturated rings. The van der Waals surface area contributed by atoms with E-state index in [1.807, 2.05) is 20.8 Å². The summed E-state index contributed by atoms with van der Waals surface area (Å²) < 4.78 is 5.68. The Morgan fingerprint density at radius 1 is 1.27 bits per heavy atom. The Bertz CT molecular complexity index is 723. The zero-order valence-electron chi connectivity index (χ0n) is 19.8. The third-order valence-electron chi connectivity index (χ3n) is 8.04. The maximum absolute atomic E-state index is 12.2. The third-order valence-corrected chi connectivity index (χ3v) is 8.04. The van der Waals surface area contributed by atoms with Gasteiger partial charge in [0, 0.05) is 0 Å². The van der Waals surface area contributed by atoms with Crippen molar-refractivity contribution in [3.8, 4) is 0 Å². The van der Waals surface area contributed by atoms with Crippen molar-refractivity contribution in [2.45, 2.75) is 92.1 Å². The predicted molar refractivity (Wildman–Crippen MR) is 123 cm³/mol. The van der Waals surface area contributed by atoms with Crippen LogP contribution < -0.4 is 0 Å². The molecule has 30 heavy (non-hydrogen) atoms. The van der Waals surface area contributed by atoms with Crippen LogP contribution in [0.1, 0.15) is 86.0 Å². The van der Waals surface area contributed by atoms with Crippen LogP contribution in [0.2, 0.25) is 0 Å². The van der Waals surface area contributed by atoms with Gasteiger partial charge in [-0.05, 0) is 101 Å². The van der Waals surface area contributed by atoms with Gasteiger partial charge in [0.2, 0.25) is 0 Å². The highest BCUT2D eigenvalue weighted by atomic mass is 16.5. The first kappa shape index (κ1) is 23.3. The molecule has 0 aliphatic heterocycles. The third kappa shape index (κ3) is 4.93. The normalized spacial score (nSPS) is 36.1. The Morgan fingerprint density at radius 3 is 2.67 bits per heavy atom. The second-order valence-corrected chi connectivity index (χ2v) is 11.4. The molecule has 3 aliphatic carbocycles. The summed E-state index contributed by atoms with van der Waals surface area (Å²) in [5, 5.41) is 10.1. The molecule has 0 heterocycles. The summed E-state index contributed by atoms with van der Waals surface area (Å²) in [5.74, 6) is 1.54. The van der Waals surface area contributed by atoms with Crippen molar-refractivity contribution in [1.82, 2.24) is 0 Å². The minimum atomic E-state index is -0.435. The van der Waals surface area contributed by atoms with E-state index in [1.54, 1.807) is 5.57 Å². The summed E-state index contributed by atoms with van der Waals surface area (Å²) in [5.41, 5.74) is 3.79. The summed E-state index contributed by atoms with van der Waals surface area (Å²) in [4.78, 5) is 12.2. The summed E-state index contributed by atoms with van der Waals surface area (Å²) in [7, 11) is 0. The molecule has 5 unspecified atom stereocenters. The van der Waals surface area contributed by atoms with Gasteiger partial charge in [0.1, 0.15) is 0 Å². The summed E-state index contributed by atoms with van der Waals surface area (Å²) in [6, 6.07) is 0. The van der Waals surface area contributed by atoms with Gasteiger partial charge in [-0.25, -0.2) is 0 Å². The minimum absolute atomic E-state index is 0.0951. The zero-order chi connectivity index (χ0) is 22.1. The molecule has 3 saturated carbocycles. The summed E-state index contributed by atoms with van der Waals surface area (Å²) in [6.07, 6.45) is 13.2. The highest BCUT2D eigenvalue weighted by Gasteiger charge is 2.50. The van der Waals surface area contributed by atoms with Gasteiger partial charge in [0.05, 0.1) is 18.1 Å². The van der Waals surface area contributed by atoms with E-state index < -0.39 is 5.41 Å². The number of hydrogen-bond donors (Lipinski definition) is 1. The molecule has 5 atom stereocenters. The lowest BCUT2D eigenvalue weighted by Crippen LogP contribution is -2.37. The quantitative estimate of drug-likeness (QED) is 0.429.